The molecule has 0 N–H and O–H groups in total. The molecule has 1 aliphatic heterocycles. The van der Waals surface area contributed by atoms with Gasteiger partial charge in [-0.25, -0.2) is 0 Å². The van der Waals surface area contributed by atoms with Crippen LogP contribution < -0.4 is 9.47 Å². The Kier molecular flexibility index (Phi) is 3.93. The molecule has 0 radical (unpaired) electrons. The molecule has 106 valence electrons. The topological polar surface area (TPSA) is 35.5 Å². The van der Waals surface area contributed by atoms with Gasteiger partial charge in [-0.2, -0.15) is 0 Å². The summed E-state index contributed by atoms with van der Waals surface area (Å²) in [4.78, 5) is 12.0. The number of carbonyl (C=O) groups excluding carboxylic acids is 1. The third kappa shape index (κ3) is 3.26. The summed E-state index contributed by atoms with van der Waals surface area (Å²) in [6.07, 6.45) is 3.30. The second-order valence-electron chi connectivity index (χ2n) is 4.61. The first-order valence-electron chi connectivity index (χ1n) is 6.60. The zero-order valence-electron chi connectivity index (χ0n) is 11.2. The molecule has 4 heteroatoms. The number of carbonyl (C=O) groups is 1. The van der Waals surface area contributed by atoms with Crippen molar-refractivity contribution in [2.45, 2.75) is 0 Å². The zero-order chi connectivity index (χ0) is 14.7. The van der Waals surface area contributed by atoms with Crippen LogP contribution in [-0.2, 0) is 0 Å². The second kappa shape index (κ2) is 6.02. The molecule has 1 aliphatic rings. The van der Waals surface area contributed by atoms with Crippen LogP contribution in [0.15, 0.2) is 48.5 Å². The lowest BCUT2D eigenvalue weighted by atomic mass is 10.1. The summed E-state index contributed by atoms with van der Waals surface area (Å²) >= 11 is 5.80. The molecule has 21 heavy (non-hydrogen) atoms. The molecular formula is C17H13ClO3. The molecule has 3 nitrogen and oxygen atoms in total. The summed E-state index contributed by atoms with van der Waals surface area (Å²) in [6.45, 7) is 1.11. The van der Waals surface area contributed by atoms with E-state index in [9.17, 15) is 4.79 Å². The fourth-order valence-electron chi connectivity index (χ4n) is 2.05. The lowest BCUT2D eigenvalue weighted by Crippen LogP contribution is -2.15. The van der Waals surface area contributed by atoms with E-state index in [1.54, 1.807) is 30.3 Å². The maximum atomic E-state index is 12.0. The minimum atomic E-state index is -0.0680. The Morgan fingerprint density at radius 2 is 1.71 bits per heavy atom. The van der Waals surface area contributed by atoms with Gasteiger partial charge in [0.05, 0.1) is 0 Å². The second-order valence-corrected chi connectivity index (χ2v) is 5.04. The lowest BCUT2D eigenvalue weighted by molar-refractivity contribution is 0.104. The highest BCUT2D eigenvalue weighted by Crippen LogP contribution is 2.31. The smallest absolute Gasteiger partial charge is 0.185 e. The van der Waals surface area contributed by atoms with Gasteiger partial charge < -0.3 is 9.47 Å². The minimum absolute atomic E-state index is 0.0680. The summed E-state index contributed by atoms with van der Waals surface area (Å²) in [5.41, 5.74) is 1.50. The minimum Gasteiger partial charge on any atom is -0.486 e. The number of ether oxygens (including phenoxy) is 2. The normalized spacial score (nSPS) is 13.4. The number of rotatable bonds is 3. The van der Waals surface area contributed by atoms with Gasteiger partial charge in [0, 0.05) is 10.6 Å². The highest BCUT2D eigenvalue weighted by molar-refractivity contribution is 6.30. The predicted octanol–water partition coefficient (Wildman–Crippen LogP) is 4.01. The summed E-state index contributed by atoms with van der Waals surface area (Å²) < 4.78 is 11.0. The number of allylic oxidation sites excluding steroid dienone is 1. The Labute approximate surface area is 127 Å². The van der Waals surface area contributed by atoms with Crippen LogP contribution >= 0.6 is 11.6 Å². The van der Waals surface area contributed by atoms with Crippen molar-refractivity contribution in [1.82, 2.24) is 0 Å². The van der Waals surface area contributed by atoms with E-state index in [-0.39, 0.29) is 5.78 Å². The van der Waals surface area contributed by atoms with Crippen molar-refractivity contribution >= 4 is 23.5 Å². The SMILES string of the molecule is O=C(C=Cc1ccc2c(c1)OCCO2)c1ccc(Cl)cc1. The highest BCUT2D eigenvalue weighted by Gasteiger charge is 2.10. The van der Waals surface area contributed by atoms with E-state index in [1.807, 2.05) is 18.2 Å². The van der Waals surface area contributed by atoms with E-state index in [4.69, 9.17) is 21.1 Å². The summed E-state index contributed by atoms with van der Waals surface area (Å²) in [5, 5.41) is 0.613. The van der Waals surface area contributed by atoms with Gasteiger partial charge >= 0.3 is 0 Å². The largest absolute Gasteiger partial charge is 0.486 e. The van der Waals surface area contributed by atoms with Gasteiger partial charge in [-0.15, -0.1) is 0 Å². The maximum absolute atomic E-state index is 12.0. The fourth-order valence-corrected chi connectivity index (χ4v) is 2.17. The van der Waals surface area contributed by atoms with Gasteiger partial charge in [-0.3, -0.25) is 4.79 Å². The molecular weight excluding hydrogens is 288 g/mol. The van der Waals surface area contributed by atoms with Gasteiger partial charge in [0.25, 0.3) is 0 Å². The van der Waals surface area contributed by atoms with Gasteiger partial charge in [0.15, 0.2) is 17.3 Å². The third-order valence-electron chi connectivity index (χ3n) is 3.12. The molecule has 3 rings (SSSR count). The van der Waals surface area contributed by atoms with Gasteiger partial charge in [-0.1, -0.05) is 23.7 Å². The standard InChI is InChI=1S/C17H13ClO3/c18-14-5-3-13(4-6-14)15(19)7-1-12-2-8-16-17(11-12)21-10-9-20-16/h1-8,11H,9-10H2. The first-order valence-corrected chi connectivity index (χ1v) is 6.98. The summed E-state index contributed by atoms with van der Waals surface area (Å²) in [6, 6.07) is 12.4. The predicted molar refractivity (Wildman–Crippen MR) is 82.2 cm³/mol. The molecule has 0 saturated carbocycles. The number of ketones is 1. The van der Waals surface area contributed by atoms with Crippen LogP contribution in [0.3, 0.4) is 0 Å². The van der Waals surface area contributed by atoms with Crippen LogP contribution in [0.2, 0.25) is 5.02 Å². The third-order valence-corrected chi connectivity index (χ3v) is 3.37. The molecule has 0 atom stereocenters. The molecule has 0 saturated heterocycles. The van der Waals surface area contributed by atoms with Crippen molar-refractivity contribution < 1.29 is 14.3 Å². The zero-order valence-corrected chi connectivity index (χ0v) is 12.0. The number of halogens is 1. The molecule has 2 aromatic rings. The number of hydrogen-bond acceptors (Lipinski definition) is 3. The van der Waals surface area contributed by atoms with E-state index in [2.05, 4.69) is 0 Å². The first kappa shape index (κ1) is 13.7. The van der Waals surface area contributed by atoms with Crippen LogP contribution in [0.1, 0.15) is 15.9 Å². The van der Waals surface area contributed by atoms with E-state index < -0.39 is 0 Å². The Hall–Kier alpha value is -2.26. The molecule has 0 aromatic heterocycles. The Bertz CT molecular complexity index is 690. The lowest BCUT2D eigenvalue weighted by Gasteiger charge is -2.18. The Morgan fingerprint density at radius 1 is 1.00 bits per heavy atom. The van der Waals surface area contributed by atoms with Crippen molar-refractivity contribution in [2.75, 3.05) is 13.2 Å². The van der Waals surface area contributed by atoms with Crippen molar-refractivity contribution in [3.8, 4) is 11.5 Å². The monoisotopic (exact) mass is 300 g/mol. The molecule has 2 aromatic carbocycles. The quantitative estimate of drug-likeness (QED) is 0.635. The average Bonchev–Trinajstić information content (AvgIpc) is 2.53. The van der Waals surface area contributed by atoms with Crippen LogP contribution in [0.4, 0.5) is 0 Å². The summed E-state index contributed by atoms with van der Waals surface area (Å²) in [7, 11) is 0. The van der Waals surface area contributed by atoms with E-state index >= 15 is 0 Å². The van der Waals surface area contributed by atoms with Gasteiger partial charge in [0.2, 0.25) is 0 Å². The number of hydrogen-bond donors (Lipinski definition) is 0. The van der Waals surface area contributed by atoms with Gasteiger partial charge in [-0.05, 0) is 48.0 Å². The van der Waals surface area contributed by atoms with Crippen LogP contribution in [0.25, 0.3) is 6.08 Å². The number of benzene rings is 2. The highest BCUT2D eigenvalue weighted by atomic mass is 35.5. The molecule has 1 heterocycles. The van der Waals surface area contributed by atoms with Crippen LogP contribution in [0.5, 0.6) is 11.5 Å². The number of fused-ring (bicyclic) bond motifs is 1. The molecule has 0 fully saturated rings. The average molecular weight is 301 g/mol. The van der Waals surface area contributed by atoms with Crippen molar-refractivity contribution in [2.24, 2.45) is 0 Å². The molecule has 0 amide bonds. The van der Waals surface area contributed by atoms with Crippen molar-refractivity contribution in [1.29, 1.82) is 0 Å². The van der Waals surface area contributed by atoms with E-state index in [0.717, 1.165) is 11.3 Å². The molecule has 0 bridgehead atoms. The molecule has 0 spiro atoms. The first-order chi connectivity index (χ1) is 10.2. The Morgan fingerprint density at radius 3 is 2.48 bits per heavy atom. The maximum Gasteiger partial charge on any atom is 0.185 e. The molecule has 0 unspecified atom stereocenters. The fraction of sp³-hybridized carbons (Fsp3) is 0.118. The van der Waals surface area contributed by atoms with Crippen LogP contribution in [-0.4, -0.2) is 19.0 Å². The van der Waals surface area contributed by atoms with Crippen LogP contribution in [0, 0.1) is 0 Å². The Balaban J connectivity index is 1.76. The molecule has 0 aliphatic carbocycles. The van der Waals surface area contributed by atoms with E-state index in [0.29, 0.717) is 29.5 Å². The van der Waals surface area contributed by atoms with Crippen molar-refractivity contribution in [3.05, 3.63) is 64.7 Å². The van der Waals surface area contributed by atoms with Crippen molar-refractivity contribution in [3.63, 3.8) is 0 Å². The summed E-state index contributed by atoms with van der Waals surface area (Å²) in [5.74, 6) is 1.38. The van der Waals surface area contributed by atoms with E-state index in [1.165, 1.54) is 6.08 Å². The van der Waals surface area contributed by atoms with Gasteiger partial charge in [0.1, 0.15) is 13.2 Å².